The molecule has 2 rings (SSSR count). The molecule has 2 aromatic rings. The number of carbonyl (C=O) groups excluding carboxylic acids is 2. The monoisotopic (exact) mass is 389 g/mol. The van der Waals surface area contributed by atoms with E-state index in [0.717, 1.165) is 5.56 Å². The van der Waals surface area contributed by atoms with Crippen LogP contribution in [0, 0.1) is 5.92 Å². The zero-order valence-corrected chi connectivity index (χ0v) is 16.0. The molecule has 0 spiro atoms. The molecule has 0 bridgehead atoms. The summed E-state index contributed by atoms with van der Waals surface area (Å²) in [6.07, 6.45) is 0.276. The molecule has 0 saturated heterocycles. The minimum atomic E-state index is -3.78. The molecule has 8 heteroatoms. The van der Waals surface area contributed by atoms with Crippen molar-refractivity contribution in [2.45, 2.75) is 31.7 Å². The van der Waals surface area contributed by atoms with Gasteiger partial charge in [-0.3, -0.25) is 20.4 Å². The maximum Gasteiger partial charge on any atom is 0.269 e. The highest BCUT2D eigenvalue weighted by Crippen LogP contribution is 2.12. The largest absolute Gasteiger partial charge is 0.273 e. The molecule has 2 amide bonds. The van der Waals surface area contributed by atoms with Crippen LogP contribution >= 0.6 is 0 Å². The summed E-state index contributed by atoms with van der Waals surface area (Å²) in [5.74, 6) is -0.745. The molecule has 0 aliphatic rings. The van der Waals surface area contributed by atoms with Crippen LogP contribution in [-0.4, -0.2) is 20.2 Å². The Kier molecular flexibility index (Phi) is 7.09. The van der Waals surface area contributed by atoms with Gasteiger partial charge in [0.05, 0.1) is 4.90 Å². The Bertz CT molecular complexity index is 896. The standard InChI is InChI=1S/C19H23N3O4S/c1-14(2)11-18(23)21-22-19(24)16-9-6-10-17(12-16)27(25,26)20-13-15-7-4-3-5-8-15/h3-10,12,14,20H,11,13H2,1-2H3,(H,21,23)(H,22,24). The van der Waals surface area contributed by atoms with Crippen molar-refractivity contribution in [3.63, 3.8) is 0 Å². The molecular weight excluding hydrogens is 366 g/mol. The lowest BCUT2D eigenvalue weighted by Gasteiger charge is -2.10. The summed E-state index contributed by atoms with van der Waals surface area (Å²) in [6.45, 7) is 3.92. The molecule has 0 fully saturated rings. The zero-order chi connectivity index (χ0) is 19.9. The van der Waals surface area contributed by atoms with Gasteiger partial charge in [-0.2, -0.15) is 0 Å². The van der Waals surface area contributed by atoms with E-state index in [-0.39, 0.29) is 35.2 Å². The molecule has 27 heavy (non-hydrogen) atoms. The van der Waals surface area contributed by atoms with E-state index >= 15 is 0 Å². The fraction of sp³-hybridized carbons (Fsp3) is 0.263. The first-order valence-corrected chi connectivity index (χ1v) is 9.99. The maximum absolute atomic E-state index is 12.5. The lowest BCUT2D eigenvalue weighted by Crippen LogP contribution is -2.42. The number of rotatable bonds is 7. The number of hydrogen-bond donors (Lipinski definition) is 3. The van der Waals surface area contributed by atoms with Crippen molar-refractivity contribution in [1.29, 1.82) is 0 Å². The van der Waals surface area contributed by atoms with Gasteiger partial charge in [-0.15, -0.1) is 0 Å². The maximum atomic E-state index is 12.5. The summed E-state index contributed by atoms with van der Waals surface area (Å²) in [6, 6.07) is 14.7. The summed E-state index contributed by atoms with van der Waals surface area (Å²) in [7, 11) is -3.78. The lowest BCUT2D eigenvalue weighted by molar-refractivity contribution is -0.122. The van der Waals surface area contributed by atoms with Crippen molar-refractivity contribution >= 4 is 21.8 Å². The van der Waals surface area contributed by atoms with Crippen LogP contribution in [0.4, 0.5) is 0 Å². The molecule has 0 aromatic heterocycles. The van der Waals surface area contributed by atoms with E-state index in [4.69, 9.17) is 0 Å². The highest BCUT2D eigenvalue weighted by atomic mass is 32.2. The second-order valence-electron chi connectivity index (χ2n) is 6.44. The number of sulfonamides is 1. The highest BCUT2D eigenvalue weighted by Gasteiger charge is 2.16. The van der Waals surface area contributed by atoms with Crippen LogP contribution in [-0.2, 0) is 21.4 Å². The van der Waals surface area contributed by atoms with Crippen molar-refractivity contribution < 1.29 is 18.0 Å². The molecule has 0 aliphatic carbocycles. The van der Waals surface area contributed by atoms with Gasteiger partial charge in [0, 0.05) is 18.5 Å². The summed E-state index contributed by atoms with van der Waals surface area (Å²) < 4.78 is 27.4. The first-order chi connectivity index (χ1) is 12.8. The molecule has 2 aromatic carbocycles. The van der Waals surface area contributed by atoms with Gasteiger partial charge in [0.2, 0.25) is 15.9 Å². The Labute approximate surface area is 159 Å². The Morgan fingerprint density at radius 2 is 1.67 bits per heavy atom. The third-order valence-electron chi connectivity index (χ3n) is 3.62. The van der Waals surface area contributed by atoms with E-state index in [9.17, 15) is 18.0 Å². The molecule has 0 atom stereocenters. The van der Waals surface area contributed by atoms with Crippen LogP contribution in [0.25, 0.3) is 0 Å². The summed E-state index contributed by atoms with van der Waals surface area (Å²) in [4.78, 5) is 23.7. The van der Waals surface area contributed by atoms with Gasteiger partial charge in [-0.1, -0.05) is 50.2 Å². The number of hydrazine groups is 1. The van der Waals surface area contributed by atoms with Gasteiger partial charge in [-0.25, -0.2) is 13.1 Å². The summed E-state index contributed by atoms with van der Waals surface area (Å²) in [5.41, 5.74) is 5.55. The predicted molar refractivity (Wildman–Crippen MR) is 102 cm³/mol. The van der Waals surface area contributed by atoms with Crippen LogP contribution in [0.3, 0.4) is 0 Å². The van der Waals surface area contributed by atoms with Gasteiger partial charge in [-0.05, 0) is 29.7 Å². The van der Waals surface area contributed by atoms with Crippen LogP contribution in [0.5, 0.6) is 0 Å². The van der Waals surface area contributed by atoms with Gasteiger partial charge < -0.3 is 0 Å². The van der Waals surface area contributed by atoms with Crippen LogP contribution in [0.2, 0.25) is 0 Å². The molecule has 3 N–H and O–H groups in total. The minimum Gasteiger partial charge on any atom is -0.273 e. The first kappa shape index (κ1) is 20.6. The second-order valence-corrected chi connectivity index (χ2v) is 8.21. The van der Waals surface area contributed by atoms with Gasteiger partial charge in [0.15, 0.2) is 0 Å². The number of nitrogens with one attached hydrogen (secondary N) is 3. The smallest absolute Gasteiger partial charge is 0.269 e. The molecule has 0 heterocycles. The number of carbonyl (C=O) groups is 2. The molecule has 0 saturated carbocycles. The van der Waals surface area contributed by atoms with E-state index in [2.05, 4.69) is 15.6 Å². The molecule has 0 aliphatic heterocycles. The van der Waals surface area contributed by atoms with Crippen LogP contribution in [0.15, 0.2) is 59.5 Å². The van der Waals surface area contributed by atoms with Crippen LogP contribution < -0.4 is 15.6 Å². The molecular formula is C19H23N3O4S. The fourth-order valence-corrected chi connectivity index (χ4v) is 3.35. The van der Waals surface area contributed by atoms with E-state index in [1.54, 1.807) is 0 Å². The molecule has 0 unspecified atom stereocenters. The second kappa shape index (κ2) is 9.29. The average Bonchev–Trinajstić information content (AvgIpc) is 2.65. The van der Waals surface area contributed by atoms with E-state index in [0.29, 0.717) is 0 Å². The fourth-order valence-electron chi connectivity index (χ4n) is 2.28. The predicted octanol–water partition coefficient (Wildman–Crippen LogP) is 1.97. The Hall–Kier alpha value is -2.71. The Balaban J connectivity index is 2.02. The van der Waals surface area contributed by atoms with Crippen molar-refractivity contribution in [1.82, 2.24) is 15.6 Å². The van der Waals surface area contributed by atoms with Crippen molar-refractivity contribution in [2.24, 2.45) is 5.92 Å². The van der Waals surface area contributed by atoms with Gasteiger partial charge in [0.1, 0.15) is 0 Å². The van der Waals surface area contributed by atoms with Gasteiger partial charge >= 0.3 is 0 Å². The summed E-state index contributed by atoms with van der Waals surface area (Å²) in [5, 5.41) is 0. The highest BCUT2D eigenvalue weighted by molar-refractivity contribution is 7.89. The average molecular weight is 389 g/mol. The number of amides is 2. The number of hydrogen-bond acceptors (Lipinski definition) is 4. The lowest BCUT2D eigenvalue weighted by atomic mass is 10.1. The Morgan fingerprint density at radius 1 is 0.963 bits per heavy atom. The normalized spacial score (nSPS) is 11.2. The van der Waals surface area contributed by atoms with Gasteiger partial charge in [0.25, 0.3) is 5.91 Å². The van der Waals surface area contributed by atoms with E-state index in [1.807, 2.05) is 44.2 Å². The third kappa shape index (κ3) is 6.50. The quantitative estimate of drug-likeness (QED) is 0.630. The topological polar surface area (TPSA) is 104 Å². The number of benzene rings is 2. The first-order valence-electron chi connectivity index (χ1n) is 8.51. The zero-order valence-electron chi connectivity index (χ0n) is 15.2. The molecule has 144 valence electrons. The molecule has 0 radical (unpaired) electrons. The summed E-state index contributed by atoms with van der Waals surface area (Å²) >= 11 is 0. The minimum absolute atomic E-state index is 0.0282. The Morgan fingerprint density at radius 3 is 2.33 bits per heavy atom. The molecule has 7 nitrogen and oxygen atoms in total. The van der Waals surface area contributed by atoms with E-state index < -0.39 is 15.9 Å². The van der Waals surface area contributed by atoms with Crippen molar-refractivity contribution in [2.75, 3.05) is 0 Å². The van der Waals surface area contributed by atoms with Crippen molar-refractivity contribution in [3.8, 4) is 0 Å². The SMILES string of the molecule is CC(C)CC(=O)NNC(=O)c1cccc(S(=O)(=O)NCc2ccccc2)c1. The van der Waals surface area contributed by atoms with E-state index in [1.165, 1.54) is 24.3 Å². The van der Waals surface area contributed by atoms with Crippen LogP contribution in [0.1, 0.15) is 36.2 Å². The third-order valence-corrected chi connectivity index (χ3v) is 5.02. The van der Waals surface area contributed by atoms with Crippen molar-refractivity contribution in [3.05, 3.63) is 65.7 Å².